The average molecular weight is 355 g/mol. The van der Waals surface area contributed by atoms with Crippen molar-refractivity contribution in [3.8, 4) is 0 Å². The molecule has 0 aliphatic carbocycles. The van der Waals surface area contributed by atoms with Crippen LogP contribution in [-0.4, -0.2) is 59.5 Å². The molecule has 0 saturated carbocycles. The van der Waals surface area contributed by atoms with Gasteiger partial charge >= 0.3 is 25.7 Å². The molecule has 0 amide bonds. The van der Waals surface area contributed by atoms with Gasteiger partial charge in [-0.15, -0.1) is 0 Å². The Bertz CT molecular complexity index is 296. The molecule has 21 heavy (non-hydrogen) atoms. The monoisotopic (exact) mass is 354 g/mol. The largest absolute Gasteiger partial charge is 0.415 e. The highest BCUT2D eigenvalue weighted by atomic mass is 28.5. The van der Waals surface area contributed by atoms with Crippen molar-refractivity contribution in [1.82, 2.24) is 5.32 Å². The van der Waals surface area contributed by atoms with Crippen LogP contribution in [0.15, 0.2) is 0 Å². The highest BCUT2D eigenvalue weighted by Gasteiger charge is 2.42. The highest BCUT2D eigenvalue weighted by Crippen LogP contribution is 2.24. The zero-order chi connectivity index (χ0) is 16.6. The Kier molecular flexibility index (Phi) is 9.71. The smallest absolute Gasteiger partial charge is 0.325 e. The minimum Gasteiger partial charge on any atom is -0.415 e. The lowest BCUT2D eigenvalue weighted by atomic mass is 10.5. The molecule has 0 aromatic carbocycles. The lowest BCUT2D eigenvalue weighted by Gasteiger charge is -2.38. The van der Waals surface area contributed by atoms with Crippen LogP contribution in [0.4, 0.5) is 0 Å². The lowest BCUT2D eigenvalue weighted by Crippen LogP contribution is -2.55. The van der Waals surface area contributed by atoms with Crippen molar-refractivity contribution in [3.05, 3.63) is 0 Å². The zero-order valence-corrected chi connectivity index (χ0v) is 17.7. The second-order valence-electron chi connectivity index (χ2n) is 6.19. The molecule has 6 nitrogen and oxygen atoms in total. The van der Waals surface area contributed by atoms with Crippen LogP contribution in [-0.2, 0) is 17.1 Å². The molecule has 128 valence electrons. The normalized spacial score (nSPS) is 16.0. The van der Waals surface area contributed by atoms with Gasteiger partial charge in [-0.05, 0) is 51.7 Å². The van der Waals surface area contributed by atoms with E-state index in [1.807, 2.05) is 13.1 Å². The van der Waals surface area contributed by atoms with E-state index < -0.39 is 25.7 Å². The predicted octanol–water partition coefficient (Wildman–Crippen LogP) is 1.73. The van der Waals surface area contributed by atoms with Gasteiger partial charge in [0.15, 0.2) is 0 Å². The van der Waals surface area contributed by atoms with E-state index in [0.29, 0.717) is 6.54 Å². The van der Waals surface area contributed by atoms with Gasteiger partial charge in [0.25, 0.3) is 0 Å². The van der Waals surface area contributed by atoms with Gasteiger partial charge in [0.05, 0.1) is 0 Å². The second-order valence-corrected chi connectivity index (χ2v) is 17.0. The average Bonchev–Trinajstić information content (AvgIpc) is 2.36. The van der Waals surface area contributed by atoms with Crippen LogP contribution >= 0.6 is 0 Å². The first-order valence-corrected chi connectivity index (χ1v) is 15.7. The van der Waals surface area contributed by atoms with E-state index in [1.165, 1.54) is 0 Å². The number of nitrogens with one attached hydrogen (secondary N) is 1. The Morgan fingerprint density at radius 1 is 0.857 bits per heavy atom. The van der Waals surface area contributed by atoms with Crippen molar-refractivity contribution in [1.29, 1.82) is 0 Å². The van der Waals surface area contributed by atoms with Crippen LogP contribution in [0, 0.1) is 0 Å². The molecule has 0 rings (SSSR count). The van der Waals surface area contributed by atoms with E-state index in [9.17, 15) is 0 Å². The first-order chi connectivity index (χ1) is 9.60. The van der Waals surface area contributed by atoms with Crippen molar-refractivity contribution in [2.24, 2.45) is 5.73 Å². The van der Waals surface area contributed by atoms with E-state index in [0.717, 1.165) is 25.6 Å². The van der Waals surface area contributed by atoms with Crippen LogP contribution in [0.25, 0.3) is 0 Å². The summed E-state index contributed by atoms with van der Waals surface area (Å²) in [5.41, 5.74) is 5.46. The molecule has 0 radical (unpaired) electrons. The summed E-state index contributed by atoms with van der Waals surface area (Å²) in [5.74, 6) is 0. The Morgan fingerprint density at radius 2 is 1.48 bits per heavy atom. The van der Waals surface area contributed by atoms with Crippen molar-refractivity contribution >= 4 is 25.7 Å². The molecule has 0 spiro atoms. The molecule has 9 heteroatoms. The van der Waals surface area contributed by atoms with E-state index >= 15 is 0 Å². The standard InChI is InChI=1S/C12H34N2O4Si3/c1-15-19(3,4)17-20(5,6)18-21(7,16-2)12-8-10-14-11-9-13/h14H,8-13H2,1-7H3. The summed E-state index contributed by atoms with van der Waals surface area (Å²) < 4.78 is 23.7. The Labute approximate surface area is 133 Å². The maximum atomic E-state index is 6.35. The fourth-order valence-corrected chi connectivity index (χ4v) is 13.7. The highest BCUT2D eigenvalue weighted by molar-refractivity contribution is 6.84. The summed E-state index contributed by atoms with van der Waals surface area (Å²) in [4.78, 5) is 0. The van der Waals surface area contributed by atoms with Gasteiger partial charge in [0, 0.05) is 27.3 Å². The summed E-state index contributed by atoms with van der Waals surface area (Å²) >= 11 is 0. The summed E-state index contributed by atoms with van der Waals surface area (Å²) in [6, 6.07) is 0.940. The van der Waals surface area contributed by atoms with E-state index in [4.69, 9.17) is 22.8 Å². The quantitative estimate of drug-likeness (QED) is 0.411. The molecule has 1 atom stereocenters. The van der Waals surface area contributed by atoms with Crippen LogP contribution in [0.2, 0.25) is 38.8 Å². The molecule has 0 aromatic rings. The summed E-state index contributed by atoms with van der Waals surface area (Å²) in [5, 5.41) is 3.30. The fourth-order valence-electron chi connectivity index (χ4n) is 2.13. The van der Waals surface area contributed by atoms with Gasteiger partial charge in [0.2, 0.25) is 0 Å². The third-order valence-corrected chi connectivity index (χ3v) is 13.9. The molecule has 0 heterocycles. The van der Waals surface area contributed by atoms with Gasteiger partial charge in [-0.3, -0.25) is 0 Å². The molecule has 1 unspecified atom stereocenters. The SMILES string of the molecule is CO[Si](C)(C)O[Si](C)(C)O[Si](C)(CCCNCCN)OC. The molecular weight excluding hydrogens is 320 g/mol. The second kappa shape index (κ2) is 9.53. The number of nitrogens with two attached hydrogens (primary N) is 1. The van der Waals surface area contributed by atoms with Gasteiger partial charge < -0.3 is 28.1 Å². The first-order valence-electron chi connectivity index (χ1n) is 7.51. The Morgan fingerprint density at radius 3 is 1.95 bits per heavy atom. The number of hydrogen-bond donors (Lipinski definition) is 2. The van der Waals surface area contributed by atoms with E-state index in [1.54, 1.807) is 14.2 Å². The van der Waals surface area contributed by atoms with Crippen molar-refractivity contribution < 1.29 is 17.1 Å². The third kappa shape index (κ3) is 9.92. The van der Waals surface area contributed by atoms with Crippen molar-refractivity contribution in [3.63, 3.8) is 0 Å². The molecular formula is C12H34N2O4Si3. The summed E-state index contributed by atoms with van der Waals surface area (Å²) in [6.45, 7) is 12.8. The molecule has 0 aromatic heterocycles. The molecule has 3 N–H and O–H groups in total. The predicted molar refractivity (Wildman–Crippen MR) is 94.1 cm³/mol. The van der Waals surface area contributed by atoms with Crippen LogP contribution in [0.3, 0.4) is 0 Å². The fraction of sp³-hybridized carbons (Fsp3) is 1.00. The van der Waals surface area contributed by atoms with E-state index in [2.05, 4.69) is 25.0 Å². The van der Waals surface area contributed by atoms with Crippen molar-refractivity contribution in [2.45, 2.75) is 45.2 Å². The Balaban J connectivity index is 4.43. The van der Waals surface area contributed by atoms with Gasteiger partial charge in [-0.1, -0.05) is 0 Å². The Hall–Kier alpha value is 0.411. The minimum absolute atomic E-state index is 0.667. The minimum atomic E-state index is -2.26. The van der Waals surface area contributed by atoms with Crippen molar-refractivity contribution in [2.75, 3.05) is 33.9 Å². The van der Waals surface area contributed by atoms with Crippen LogP contribution in [0.1, 0.15) is 6.42 Å². The van der Waals surface area contributed by atoms with Gasteiger partial charge in [-0.2, -0.15) is 0 Å². The van der Waals surface area contributed by atoms with Crippen LogP contribution < -0.4 is 11.1 Å². The van der Waals surface area contributed by atoms with E-state index in [-0.39, 0.29) is 0 Å². The molecule has 0 bridgehead atoms. The van der Waals surface area contributed by atoms with Gasteiger partial charge in [0.1, 0.15) is 0 Å². The third-order valence-electron chi connectivity index (χ3n) is 3.18. The zero-order valence-electron chi connectivity index (χ0n) is 14.7. The first kappa shape index (κ1) is 21.4. The number of rotatable bonds is 12. The number of hydrogen-bond acceptors (Lipinski definition) is 6. The maximum absolute atomic E-state index is 6.35. The molecule has 0 aliphatic heterocycles. The molecule has 0 fully saturated rings. The lowest BCUT2D eigenvalue weighted by molar-refractivity contribution is 0.243. The van der Waals surface area contributed by atoms with Gasteiger partial charge in [-0.25, -0.2) is 0 Å². The summed E-state index contributed by atoms with van der Waals surface area (Å²) in [7, 11) is -3.11. The topological polar surface area (TPSA) is 75.0 Å². The maximum Gasteiger partial charge on any atom is 0.325 e. The van der Waals surface area contributed by atoms with Crippen LogP contribution in [0.5, 0.6) is 0 Å². The molecule has 0 saturated heterocycles. The summed E-state index contributed by atoms with van der Waals surface area (Å²) in [6.07, 6.45) is 1.02. The molecule has 0 aliphatic rings.